The summed E-state index contributed by atoms with van der Waals surface area (Å²) >= 11 is 9.06. The number of nitrogens with one attached hydrogen (secondary N) is 1. The van der Waals surface area contributed by atoms with Gasteiger partial charge < -0.3 is 4.98 Å². The van der Waals surface area contributed by atoms with Gasteiger partial charge in [-0.2, -0.15) is 0 Å². The highest BCUT2D eigenvalue weighted by atomic mass is 79.9. The fourth-order valence-electron chi connectivity index (χ4n) is 2.22. The minimum atomic E-state index is 0.690. The Morgan fingerprint density at radius 2 is 1.85 bits per heavy atom. The highest BCUT2D eigenvalue weighted by molar-refractivity contribution is 9.10. The lowest BCUT2D eigenvalue weighted by Crippen LogP contribution is -1.98. The van der Waals surface area contributed by atoms with Gasteiger partial charge in [0, 0.05) is 16.2 Å². The SMILES string of the molecule is Cc1ccc(Br)c(-n2c(-c3ccccc3)c[nH]c2=S)c1. The zero-order chi connectivity index (χ0) is 14.1. The molecule has 1 N–H and O–H groups in total. The fraction of sp³-hybridized carbons (Fsp3) is 0.0625. The number of aromatic nitrogens is 2. The maximum Gasteiger partial charge on any atom is 0.182 e. The molecule has 2 nitrogen and oxygen atoms in total. The van der Waals surface area contributed by atoms with Crippen molar-refractivity contribution in [3.05, 3.63) is 69.5 Å². The van der Waals surface area contributed by atoms with Gasteiger partial charge in [0.25, 0.3) is 0 Å². The van der Waals surface area contributed by atoms with Crippen LogP contribution in [0.5, 0.6) is 0 Å². The summed E-state index contributed by atoms with van der Waals surface area (Å²) in [5, 5.41) is 0. The Morgan fingerprint density at radius 1 is 1.10 bits per heavy atom. The van der Waals surface area contributed by atoms with Crippen LogP contribution in [0.4, 0.5) is 0 Å². The van der Waals surface area contributed by atoms with Crippen LogP contribution < -0.4 is 0 Å². The molecule has 20 heavy (non-hydrogen) atoms. The van der Waals surface area contributed by atoms with Crippen LogP contribution in [-0.4, -0.2) is 9.55 Å². The molecule has 1 heterocycles. The molecule has 2 aromatic carbocycles. The predicted molar refractivity (Wildman–Crippen MR) is 88.8 cm³/mol. The summed E-state index contributed by atoms with van der Waals surface area (Å²) in [6.07, 6.45) is 1.95. The highest BCUT2D eigenvalue weighted by Gasteiger charge is 2.11. The molecule has 0 bridgehead atoms. The second-order valence-electron chi connectivity index (χ2n) is 4.64. The van der Waals surface area contributed by atoms with Crippen LogP contribution in [0.3, 0.4) is 0 Å². The van der Waals surface area contributed by atoms with E-state index in [0.717, 1.165) is 21.4 Å². The third-order valence-corrected chi connectivity index (χ3v) is 4.16. The quantitative estimate of drug-likeness (QED) is 0.627. The summed E-state index contributed by atoms with van der Waals surface area (Å²) in [5.41, 5.74) is 4.44. The Hall–Kier alpha value is -1.65. The molecular weight excluding hydrogens is 332 g/mol. The van der Waals surface area contributed by atoms with E-state index in [1.165, 1.54) is 5.56 Å². The molecule has 0 radical (unpaired) electrons. The van der Waals surface area contributed by atoms with Crippen molar-refractivity contribution in [1.82, 2.24) is 9.55 Å². The summed E-state index contributed by atoms with van der Waals surface area (Å²) in [4.78, 5) is 3.14. The summed E-state index contributed by atoms with van der Waals surface area (Å²) in [5.74, 6) is 0. The van der Waals surface area contributed by atoms with Gasteiger partial charge in [0.1, 0.15) is 0 Å². The summed E-state index contributed by atoms with van der Waals surface area (Å²) < 4.78 is 3.77. The first-order valence-electron chi connectivity index (χ1n) is 6.29. The number of halogens is 1. The molecule has 0 unspecified atom stereocenters. The molecule has 0 aliphatic carbocycles. The first kappa shape index (κ1) is 13.3. The molecule has 0 saturated carbocycles. The number of benzene rings is 2. The molecule has 3 rings (SSSR count). The lowest BCUT2D eigenvalue weighted by molar-refractivity contribution is 1.03. The van der Waals surface area contributed by atoms with Gasteiger partial charge >= 0.3 is 0 Å². The van der Waals surface area contributed by atoms with Gasteiger partial charge in [0.15, 0.2) is 4.77 Å². The molecule has 4 heteroatoms. The number of H-pyrrole nitrogens is 1. The molecular formula is C16H13BrN2S. The molecule has 0 spiro atoms. The number of imidazole rings is 1. The first-order valence-corrected chi connectivity index (χ1v) is 7.49. The molecule has 100 valence electrons. The lowest BCUT2D eigenvalue weighted by Gasteiger charge is -2.11. The molecule has 0 atom stereocenters. The van der Waals surface area contributed by atoms with Gasteiger partial charge in [-0.15, -0.1) is 0 Å². The van der Waals surface area contributed by atoms with Crippen molar-refractivity contribution in [2.24, 2.45) is 0 Å². The number of aryl methyl sites for hydroxylation is 1. The van der Waals surface area contributed by atoms with Crippen LogP contribution in [0.25, 0.3) is 16.9 Å². The fourth-order valence-corrected chi connectivity index (χ4v) is 2.90. The summed E-state index contributed by atoms with van der Waals surface area (Å²) in [6.45, 7) is 2.08. The smallest absolute Gasteiger partial charge is 0.182 e. The molecule has 0 amide bonds. The maximum absolute atomic E-state index is 5.44. The molecule has 0 fully saturated rings. The van der Waals surface area contributed by atoms with E-state index < -0.39 is 0 Å². The minimum Gasteiger partial charge on any atom is -0.336 e. The zero-order valence-corrected chi connectivity index (χ0v) is 13.3. The predicted octanol–water partition coefficient (Wildman–Crippen LogP) is 5.27. The number of hydrogen-bond acceptors (Lipinski definition) is 1. The Bertz CT molecular complexity index is 803. The number of nitrogens with zero attached hydrogens (tertiary/aromatic N) is 1. The Morgan fingerprint density at radius 3 is 2.60 bits per heavy atom. The average molecular weight is 345 g/mol. The third-order valence-electron chi connectivity index (χ3n) is 3.19. The highest BCUT2D eigenvalue weighted by Crippen LogP contribution is 2.28. The van der Waals surface area contributed by atoms with Gasteiger partial charge in [-0.3, -0.25) is 4.57 Å². The molecule has 0 aliphatic heterocycles. The average Bonchev–Trinajstić information content (AvgIpc) is 2.84. The maximum atomic E-state index is 5.44. The zero-order valence-electron chi connectivity index (χ0n) is 10.9. The van der Waals surface area contributed by atoms with Gasteiger partial charge in [0.05, 0.1) is 11.4 Å². The van der Waals surface area contributed by atoms with Crippen molar-refractivity contribution in [2.45, 2.75) is 6.92 Å². The van der Waals surface area contributed by atoms with E-state index in [1.54, 1.807) is 0 Å². The Labute approximate surface area is 131 Å². The molecule has 1 aromatic heterocycles. The van der Waals surface area contributed by atoms with E-state index in [1.807, 2.05) is 30.5 Å². The van der Waals surface area contributed by atoms with Crippen LogP contribution >= 0.6 is 28.1 Å². The standard InChI is InChI=1S/C16H13BrN2S/c1-11-7-8-13(17)14(9-11)19-15(10-18-16(19)20)12-5-3-2-4-6-12/h2-10H,1H3,(H,18,20). The van der Waals surface area contributed by atoms with Crippen LogP contribution in [0.2, 0.25) is 0 Å². The molecule has 0 saturated heterocycles. The lowest BCUT2D eigenvalue weighted by atomic mass is 10.1. The van der Waals surface area contributed by atoms with Crippen molar-refractivity contribution in [1.29, 1.82) is 0 Å². The van der Waals surface area contributed by atoms with Crippen LogP contribution in [-0.2, 0) is 0 Å². The van der Waals surface area contributed by atoms with Crippen LogP contribution in [0, 0.1) is 11.7 Å². The number of aromatic amines is 1. The van der Waals surface area contributed by atoms with Crippen LogP contribution in [0.15, 0.2) is 59.2 Å². The number of rotatable bonds is 2. The Balaban J connectivity index is 2.27. The third kappa shape index (κ3) is 2.37. The van der Waals surface area contributed by atoms with Crippen molar-refractivity contribution in [3.8, 4) is 16.9 Å². The normalized spacial score (nSPS) is 10.7. The van der Waals surface area contributed by atoms with Crippen molar-refractivity contribution < 1.29 is 0 Å². The van der Waals surface area contributed by atoms with E-state index in [-0.39, 0.29) is 0 Å². The van der Waals surface area contributed by atoms with Gasteiger partial charge in [-0.1, -0.05) is 36.4 Å². The Kier molecular flexibility index (Phi) is 3.59. The second kappa shape index (κ2) is 5.38. The van der Waals surface area contributed by atoms with E-state index >= 15 is 0 Å². The second-order valence-corrected chi connectivity index (χ2v) is 5.88. The van der Waals surface area contributed by atoms with Gasteiger partial charge in [0.2, 0.25) is 0 Å². The number of hydrogen-bond donors (Lipinski definition) is 1. The van der Waals surface area contributed by atoms with E-state index in [4.69, 9.17) is 12.2 Å². The van der Waals surface area contributed by atoms with E-state index in [9.17, 15) is 0 Å². The molecule has 0 aliphatic rings. The van der Waals surface area contributed by atoms with Gasteiger partial charge in [-0.05, 0) is 52.8 Å². The van der Waals surface area contributed by atoms with E-state index in [0.29, 0.717) is 4.77 Å². The van der Waals surface area contributed by atoms with Crippen LogP contribution in [0.1, 0.15) is 5.56 Å². The van der Waals surface area contributed by atoms with Crippen molar-refractivity contribution >= 4 is 28.1 Å². The topological polar surface area (TPSA) is 20.7 Å². The summed E-state index contributed by atoms with van der Waals surface area (Å²) in [7, 11) is 0. The molecule has 3 aromatic rings. The summed E-state index contributed by atoms with van der Waals surface area (Å²) in [6, 6.07) is 16.5. The first-order chi connectivity index (χ1) is 9.66. The minimum absolute atomic E-state index is 0.690. The monoisotopic (exact) mass is 344 g/mol. The van der Waals surface area contributed by atoms with Crippen molar-refractivity contribution in [3.63, 3.8) is 0 Å². The van der Waals surface area contributed by atoms with Gasteiger partial charge in [-0.25, -0.2) is 0 Å². The van der Waals surface area contributed by atoms with Crippen molar-refractivity contribution in [2.75, 3.05) is 0 Å². The van der Waals surface area contributed by atoms with E-state index in [2.05, 4.69) is 56.7 Å². The largest absolute Gasteiger partial charge is 0.336 e.